The molecule has 4 heteroatoms. The van der Waals surface area contributed by atoms with E-state index in [4.69, 9.17) is 0 Å². The van der Waals surface area contributed by atoms with Crippen LogP contribution in [-0.4, -0.2) is 15.0 Å². The number of nitrogens with zero attached hydrogens (tertiary/aromatic N) is 3. The molecular weight excluding hydrogens is 266 g/mol. The Kier molecular flexibility index (Phi) is 2.67. The molecule has 0 saturated heterocycles. The second-order valence-electron chi connectivity index (χ2n) is 4.53. The normalized spacial score (nSPS) is 16.6. The van der Waals surface area contributed by atoms with E-state index in [-0.39, 0.29) is 0 Å². The Morgan fingerprint density at radius 1 is 1.38 bits per heavy atom. The quantitative estimate of drug-likeness (QED) is 0.862. The summed E-state index contributed by atoms with van der Waals surface area (Å²) in [5.74, 6) is 0.926. The number of aromatic nitrogens is 3. The van der Waals surface area contributed by atoms with Crippen molar-refractivity contribution >= 4 is 27.0 Å². The standard InChI is InChI=1S/C12H14BrN3/c13-10-4-5-12-11(8-10)14-15-16(12)7-6-9-2-1-3-9/h4-5,8-9H,1-3,6-7H2. The first kappa shape index (κ1) is 10.3. The molecule has 0 amide bonds. The van der Waals surface area contributed by atoms with Crippen molar-refractivity contribution in [3.8, 4) is 0 Å². The van der Waals surface area contributed by atoms with E-state index < -0.39 is 0 Å². The fourth-order valence-corrected chi connectivity index (χ4v) is 2.55. The summed E-state index contributed by atoms with van der Waals surface area (Å²) in [6.07, 6.45) is 5.46. The van der Waals surface area contributed by atoms with Gasteiger partial charge in [-0.05, 0) is 30.5 Å². The topological polar surface area (TPSA) is 30.7 Å². The van der Waals surface area contributed by atoms with E-state index in [0.717, 1.165) is 28.0 Å². The minimum absolute atomic E-state index is 0.926. The average Bonchev–Trinajstić information content (AvgIpc) is 2.58. The molecule has 0 radical (unpaired) electrons. The zero-order valence-electron chi connectivity index (χ0n) is 9.06. The van der Waals surface area contributed by atoms with Crippen LogP contribution in [0, 0.1) is 5.92 Å². The molecule has 1 aromatic heterocycles. The number of rotatable bonds is 3. The van der Waals surface area contributed by atoms with Crippen LogP contribution in [0.2, 0.25) is 0 Å². The minimum atomic E-state index is 0.926. The van der Waals surface area contributed by atoms with Gasteiger partial charge < -0.3 is 0 Å². The van der Waals surface area contributed by atoms with Crippen LogP contribution in [-0.2, 0) is 6.54 Å². The molecule has 0 N–H and O–H groups in total. The van der Waals surface area contributed by atoms with Crippen LogP contribution in [0.3, 0.4) is 0 Å². The molecule has 3 nitrogen and oxygen atoms in total. The van der Waals surface area contributed by atoms with Crippen molar-refractivity contribution in [1.82, 2.24) is 15.0 Å². The third-order valence-corrected chi connectivity index (χ3v) is 3.94. The minimum Gasteiger partial charge on any atom is -0.245 e. The fraction of sp³-hybridized carbons (Fsp3) is 0.500. The van der Waals surface area contributed by atoms with Crippen LogP contribution in [0.1, 0.15) is 25.7 Å². The highest BCUT2D eigenvalue weighted by molar-refractivity contribution is 9.10. The fourth-order valence-electron chi connectivity index (χ4n) is 2.20. The Morgan fingerprint density at radius 2 is 2.25 bits per heavy atom. The third-order valence-electron chi connectivity index (χ3n) is 3.45. The highest BCUT2D eigenvalue weighted by Gasteiger charge is 2.17. The van der Waals surface area contributed by atoms with Crippen LogP contribution >= 0.6 is 15.9 Å². The van der Waals surface area contributed by atoms with Gasteiger partial charge in [-0.15, -0.1) is 5.10 Å². The molecule has 2 aromatic rings. The van der Waals surface area contributed by atoms with Crippen molar-refractivity contribution in [3.63, 3.8) is 0 Å². The summed E-state index contributed by atoms with van der Waals surface area (Å²) >= 11 is 3.45. The molecule has 0 unspecified atom stereocenters. The van der Waals surface area contributed by atoms with Gasteiger partial charge in [-0.2, -0.15) is 0 Å². The zero-order chi connectivity index (χ0) is 11.0. The molecule has 0 spiro atoms. The zero-order valence-corrected chi connectivity index (χ0v) is 10.7. The van der Waals surface area contributed by atoms with Gasteiger partial charge in [0.15, 0.2) is 0 Å². The van der Waals surface area contributed by atoms with Gasteiger partial charge in [-0.3, -0.25) is 0 Å². The third kappa shape index (κ3) is 1.86. The van der Waals surface area contributed by atoms with E-state index in [1.165, 1.54) is 25.7 Å². The average molecular weight is 280 g/mol. The predicted octanol–water partition coefficient (Wildman–Crippen LogP) is 3.38. The van der Waals surface area contributed by atoms with Crippen LogP contribution in [0.15, 0.2) is 22.7 Å². The molecule has 84 valence electrons. The lowest BCUT2D eigenvalue weighted by molar-refractivity contribution is 0.278. The molecule has 16 heavy (non-hydrogen) atoms. The second-order valence-corrected chi connectivity index (χ2v) is 5.45. The highest BCUT2D eigenvalue weighted by atomic mass is 79.9. The molecule has 0 bridgehead atoms. The number of halogens is 1. The van der Waals surface area contributed by atoms with Crippen molar-refractivity contribution in [2.75, 3.05) is 0 Å². The second kappa shape index (κ2) is 4.17. The van der Waals surface area contributed by atoms with Crippen LogP contribution < -0.4 is 0 Å². The Hall–Kier alpha value is -0.900. The van der Waals surface area contributed by atoms with Crippen LogP contribution in [0.4, 0.5) is 0 Å². The molecule has 3 rings (SSSR count). The summed E-state index contributed by atoms with van der Waals surface area (Å²) in [5.41, 5.74) is 2.12. The summed E-state index contributed by atoms with van der Waals surface area (Å²) < 4.78 is 3.09. The monoisotopic (exact) mass is 279 g/mol. The van der Waals surface area contributed by atoms with Crippen molar-refractivity contribution in [2.24, 2.45) is 5.92 Å². The lowest BCUT2D eigenvalue weighted by Gasteiger charge is -2.24. The van der Waals surface area contributed by atoms with E-state index in [0.29, 0.717) is 0 Å². The number of hydrogen-bond donors (Lipinski definition) is 0. The summed E-state index contributed by atoms with van der Waals surface area (Å²) in [6, 6.07) is 6.15. The molecule has 0 aliphatic heterocycles. The number of fused-ring (bicyclic) bond motifs is 1. The van der Waals surface area contributed by atoms with E-state index in [1.54, 1.807) is 0 Å². The van der Waals surface area contributed by atoms with Crippen LogP contribution in [0.5, 0.6) is 0 Å². The van der Waals surface area contributed by atoms with E-state index >= 15 is 0 Å². The Balaban J connectivity index is 1.80. The molecular formula is C12H14BrN3. The first-order chi connectivity index (χ1) is 7.83. The maximum atomic E-state index is 4.21. The maximum Gasteiger partial charge on any atom is 0.114 e. The predicted molar refractivity (Wildman–Crippen MR) is 67.2 cm³/mol. The first-order valence-corrected chi connectivity index (χ1v) is 6.61. The van der Waals surface area contributed by atoms with Gasteiger partial charge >= 0.3 is 0 Å². The number of aryl methyl sites for hydroxylation is 1. The molecule has 1 fully saturated rings. The molecule has 1 aliphatic carbocycles. The lowest BCUT2D eigenvalue weighted by Crippen LogP contribution is -2.14. The lowest BCUT2D eigenvalue weighted by atomic mass is 9.83. The molecule has 1 aromatic carbocycles. The molecule has 1 saturated carbocycles. The highest BCUT2D eigenvalue weighted by Crippen LogP contribution is 2.30. The van der Waals surface area contributed by atoms with Crippen molar-refractivity contribution < 1.29 is 0 Å². The van der Waals surface area contributed by atoms with Gasteiger partial charge in [0.25, 0.3) is 0 Å². The van der Waals surface area contributed by atoms with Gasteiger partial charge in [0.2, 0.25) is 0 Å². The van der Waals surface area contributed by atoms with Gasteiger partial charge in [0.1, 0.15) is 5.52 Å². The van der Waals surface area contributed by atoms with E-state index in [9.17, 15) is 0 Å². The molecule has 1 heterocycles. The smallest absolute Gasteiger partial charge is 0.114 e. The van der Waals surface area contributed by atoms with Gasteiger partial charge in [-0.25, -0.2) is 4.68 Å². The summed E-state index contributed by atoms with van der Waals surface area (Å²) in [7, 11) is 0. The number of hydrogen-bond acceptors (Lipinski definition) is 2. The summed E-state index contributed by atoms with van der Waals surface area (Å²) in [6.45, 7) is 1.00. The molecule has 1 aliphatic rings. The Morgan fingerprint density at radius 3 is 3.00 bits per heavy atom. The van der Waals surface area contributed by atoms with Gasteiger partial charge in [-0.1, -0.05) is 40.4 Å². The number of benzene rings is 1. The van der Waals surface area contributed by atoms with Crippen molar-refractivity contribution in [1.29, 1.82) is 0 Å². The summed E-state index contributed by atoms with van der Waals surface area (Å²) in [4.78, 5) is 0. The van der Waals surface area contributed by atoms with Crippen molar-refractivity contribution in [2.45, 2.75) is 32.2 Å². The Bertz CT molecular complexity index is 502. The maximum absolute atomic E-state index is 4.21. The largest absolute Gasteiger partial charge is 0.245 e. The van der Waals surface area contributed by atoms with Gasteiger partial charge in [0.05, 0.1) is 5.52 Å². The first-order valence-electron chi connectivity index (χ1n) is 5.82. The summed E-state index contributed by atoms with van der Waals surface area (Å²) in [5, 5.41) is 8.40. The van der Waals surface area contributed by atoms with Crippen molar-refractivity contribution in [3.05, 3.63) is 22.7 Å². The Labute approximate surface area is 103 Å². The van der Waals surface area contributed by atoms with E-state index in [2.05, 4.69) is 32.3 Å². The van der Waals surface area contributed by atoms with Gasteiger partial charge in [0, 0.05) is 11.0 Å². The van der Waals surface area contributed by atoms with Crippen LogP contribution in [0.25, 0.3) is 11.0 Å². The van der Waals surface area contributed by atoms with E-state index in [1.807, 2.05) is 16.8 Å². The SMILES string of the molecule is Brc1ccc2c(c1)nnn2CCC1CCC1. The molecule has 0 atom stereocenters.